The molecule has 0 unspecified atom stereocenters. The Bertz CT molecular complexity index is 524. The molecule has 0 saturated heterocycles. The summed E-state index contributed by atoms with van der Waals surface area (Å²) in [6.07, 6.45) is 2.21. The second kappa shape index (κ2) is 4.07. The molecule has 0 bridgehead atoms. The van der Waals surface area contributed by atoms with Gasteiger partial charge in [-0.1, -0.05) is 18.2 Å². The van der Waals surface area contributed by atoms with Crippen molar-refractivity contribution < 1.29 is 4.79 Å². The van der Waals surface area contributed by atoms with Gasteiger partial charge in [0.15, 0.2) is 0 Å². The molecule has 0 spiro atoms. The summed E-state index contributed by atoms with van der Waals surface area (Å²) in [4.78, 5) is 13.5. The number of carbonyl (C=O) groups excluding carboxylic acids is 1. The zero-order valence-corrected chi connectivity index (χ0v) is 8.47. The summed E-state index contributed by atoms with van der Waals surface area (Å²) in [5.41, 5.74) is 2.08. The maximum atomic E-state index is 9.95. The van der Waals surface area contributed by atoms with E-state index in [4.69, 9.17) is 0 Å². The van der Waals surface area contributed by atoms with Crippen LogP contribution < -0.4 is 0 Å². The Kier molecular flexibility index (Phi) is 2.61. The molecule has 0 amide bonds. The van der Waals surface area contributed by atoms with Gasteiger partial charge < -0.3 is 0 Å². The van der Waals surface area contributed by atoms with Crippen molar-refractivity contribution >= 4 is 17.0 Å². The normalized spacial score (nSPS) is 10.2. The molecule has 76 valence electrons. The number of para-hydroxylation sites is 1. The molecule has 0 fully saturated rings. The predicted molar refractivity (Wildman–Crippen MR) is 57.4 cm³/mol. The minimum absolute atomic E-state index is 0.449. The highest BCUT2D eigenvalue weighted by molar-refractivity contribution is 5.81. The van der Waals surface area contributed by atoms with Gasteiger partial charge in [0, 0.05) is 18.9 Å². The van der Waals surface area contributed by atoms with Gasteiger partial charge in [-0.05, 0) is 6.07 Å². The van der Waals surface area contributed by atoms with E-state index >= 15 is 0 Å². The second-order valence-electron chi connectivity index (χ2n) is 3.31. The van der Waals surface area contributed by atoms with Crippen molar-refractivity contribution in [2.24, 2.45) is 12.0 Å². The Balaban J connectivity index is 2.39. The molecule has 1 aromatic carbocycles. The number of hydrogen-bond donors (Lipinski definition) is 0. The number of aryl methyl sites for hydroxylation is 1. The fourth-order valence-corrected chi connectivity index (χ4v) is 1.68. The minimum Gasteiger partial charge on any atom is -0.268 e. The van der Waals surface area contributed by atoms with Crippen LogP contribution in [0.25, 0.3) is 10.9 Å². The lowest BCUT2D eigenvalue weighted by molar-refractivity contribution is 0.563. The van der Waals surface area contributed by atoms with Crippen LogP contribution in [-0.4, -0.2) is 22.4 Å². The van der Waals surface area contributed by atoms with Crippen LogP contribution in [0.5, 0.6) is 0 Å². The largest absolute Gasteiger partial charge is 0.268 e. The molecule has 4 nitrogen and oxygen atoms in total. The predicted octanol–water partition coefficient (Wildman–Crippen LogP) is 1.45. The standard InChI is InChI=1S/C11H11N3O/c1-14-11-5-3-2-4-9(11)10(13-14)6-7-12-8-15/h2-5H,6-7H2,1H3. The monoisotopic (exact) mass is 201 g/mol. The van der Waals surface area contributed by atoms with Crippen LogP contribution in [0.1, 0.15) is 5.69 Å². The number of nitrogens with zero attached hydrogens (tertiary/aromatic N) is 3. The third-order valence-electron chi connectivity index (χ3n) is 2.36. The zero-order valence-electron chi connectivity index (χ0n) is 8.47. The number of isocyanates is 1. The molecule has 0 atom stereocenters. The summed E-state index contributed by atoms with van der Waals surface area (Å²) in [7, 11) is 1.91. The Morgan fingerprint density at radius 1 is 1.47 bits per heavy atom. The average Bonchev–Trinajstić information content (AvgIpc) is 2.58. The first kappa shape index (κ1) is 9.62. The van der Waals surface area contributed by atoms with E-state index in [9.17, 15) is 4.79 Å². The van der Waals surface area contributed by atoms with E-state index < -0.39 is 0 Å². The molecule has 2 rings (SSSR count). The molecular formula is C11H11N3O. The summed E-state index contributed by atoms with van der Waals surface area (Å²) in [5.74, 6) is 0. The number of hydrogen-bond acceptors (Lipinski definition) is 3. The first-order chi connectivity index (χ1) is 7.33. The first-order valence-corrected chi connectivity index (χ1v) is 4.77. The van der Waals surface area contributed by atoms with Crippen molar-refractivity contribution in [3.05, 3.63) is 30.0 Å². The molecular weight excluding hydrogens is 190 g/mol. The highest BCUT2D eigenvalue weighted by Gasteiger charge is 2.06. The van der Waals surface area contributed by atoms with Crippen LogP contribution in [0.15, 0.2) is 29.3 Å². The SMILES string of the molecule is Cn1nc(CCN=C=O)c2ccccc21. The smallest absolute Gasteiger partial charge is 0.234 e. The molecule has 1 heterocycles. The zero-order chi connectivity index (χ0) is 10.7. The highest BCUT2D eigenvalue weighted by atomic mass is 16.1. The van der Waals surface area contributed by atoms with E-state index in [0.717, 1.165) is 16.6 Å². The molecule has 0 aliphatic rings. The van der Waals surface area contributed by atoms with Crippen molar-refractivity contribution in [3.8, 4) is 0 Å². The number of aromatic nitrogens is 2. The summed E-state index contributed by atoms with van der Waals surface area (Å²) in [6, 6.07) is 8.02. The van der Waals surface area contributed by atoms with Crippen LogP contribution in [0, 0.1) is 0 Å². The van der Waals surface area contributed by atoms with Crippen LogP contribution in [0.2, 0.25) is 0 Å². The topological polar surface area (TPSA) is 47.2 Å². The minimum atomic E-state index is 0.449. The van der Waals surface area contributed by atoms with Gasteiger partial charge in [0.25, 0.3) is 0 Å². The Morgan fingerprint density at radius 2 is 2.27 bits per heavy atom. The Hall–Kier alpha value is -1.93. The molecule has 1 aromatic heterocycles. The van der Waals surface area contributed by atoms with Gasteiger partial charge in [0.2, 0.25) is 6.08 Å². The molecule has 2 aromatic rings. The number of rotatable bonds is 3. The van der Waals surface area contributed by atoms with E-state index in [-0.39, 0.29) is 0 Å². The first-order valence-electron chi connectivity index (χ1n) is 4.77. The highest BCUT2D eigenvalue weighted by Crippen LogP contribution is 2.17. The van der Waals surface area contributed by atoms with Crippen LogP contribution in [0.3, 0.4) is 0 Å². The van der Waals surface area contributed by atoms with E-state index in [0.29, 0.717) is 13.0 Å². The van der Waals surface area contributed by atoms with Gasteiger partial charge in [-0.2, -0.15) is 5.10 Å². The average molecular weight is 201 g/mol. The molecule has 0 aliphatic heterocycles. The van der Waals surface area contributed by atoms with Gasteiger partial charge in [-0.15, -0.1) is 0 Å². The van der Waals surface area contributed by atoms with Crippen molar-refractivity contribution in [2.75, 3.05) is 6.54 Å². The lowest BCUT2D eigenvalue weighted by Gasteiger charge is -1.91. The van der Waals surface area contributed by atoms with E-state index in [1.165, 1.54) is 6.08 Å². The maximum Gasteiger partial charge on any atom is 0.234 e. The van der Waals surface area contributed by atoms with Crippen molar-refractivity contribution in [1.82, 2.24) is 9.78 Å². The molecule has 15 heavy (non-hydrogen) atoms. The van der Waals surface area contributed by atoms with Crippen LogP contribution in [0.4, 0.5) is 0 Å². The third kappa shape index (κ3) is 1.80. The van der Waals surface area contributed by atoms with Gasteiger partial charge in [-0.3, -0.25) is 4.68 Å². The molecule has 0 N–H and O–H groups in total. The fraction of sp³-hybridized carbons (Fsp3) is 0.273. The van der Waals surface area contributed by atoms with Crippen molar-refractivity contribution in [2.45, 2.75) is 6.42 Å². The number of fused-ring (bicyclic) bond motifs is 1. The van der Waals surface area contributed by atoms with E-state index in [1.807, 2.05) is 36.0 Å². The second-order valence-corrected chi connectivity index (χ2v) is 3.31. The van der Waals surface area contributed by atoms with Gasteiger partial charge >= 0.3 is 0 Å². The molecule has 0 radical (unpaired) electrons. The van der Waals surface area contributed by atoms with Gasteiger partial charge in [0.1, 0.15) is 0 Å². The number of aliphatic imine (C=N–C) groups is 1. The molecule has 0 saturated carbocycles. The Labute approximate surface area is 87.2 Å². The Morgan fingerprint density at radius 3 is 3.07 bits per heavy atom. The van der Waals surface area contributed by atoms with Crippen molar-refractivity contribution in [1.29, 1.82) is 0 Å². The summed E-state index contributed by atoms with van der Waals surface area (Å²) < 4.78 is 1.84. The van der Waals surface area contributed by atoms with Crippen LogP contribution >= 0.6 is 0 Å². The summed E-state index contributed by atoms with van der Waals surface area (Å²) >= 11 is 0. The van der Waals surface area contributed by atoms with Gasteiger partial charge in [-0.25, -0.2) is 9.79 Å². The fourth-order valence-electron chi connectivity index (χ4n) is 1.68. The maximum absolute atomic E-state index is 9.95. The van der Waals surface area contributed by atoms with E-state index in [2.05, 4.69) is 10.1 Å². The van der Waals surface area contributed by atoms with Gasteiger partial charge in [0.05, 0.1) is 17.8 Å². The van der Waals surface area contributed by atoms with Crippen LogP contribution in [-0.2, 0) is 18.3 Å². The van der Waals surface area contributed by atoms with E-state index in [1.54, 1.807) is 0 Å². The number of benzene rings is 1. The van der Waals surface area contributed by atoms with Crippen molar-refractivity contribution in [3.63, 3.8) is 0 Å². The summed E-state index contributed by atoms with van der Waals surface area (Å²) in [5, 5.41) is 5.51. The summed E-state index contributed by atoms with van der Waals surface area (Å²) in [6.45, 7) is 0.449. The molecule has 4 heteroatoms. The third-order valence-corrected chi connectivity index (χ3v) is 2.36. The molecule has 0 aliphatic carbocycles. The quantitative estimate of drug-likeness (QED) is 0.557. The lowest BCUT2D eigenvalue weighted by Crippen LogP contribution is -1.94. The lowest BCUT2D eigenvalue weighted by atomic mass is 10.2.